The van der Waals surface area contributed by atoms with Crippen molar-refractivity contribution in [1.82, 2.24) is 9.66 Å². The molecule has 2 aromatic carbocycles. The van der Waals surface area contributed by atoms with Gasteiger partial charge in [-0.1, -0.05) is 15.9 Å². The molecule has 0 aliphatic rings. The highest BCUT2D eigenvalue weighted by atomic mass is 79.9. The molecule has 0 radical (unpaired) electrons. The fourth-order valence-corrected chi connectivity index (χ4v) is 3.30. The average molecular weight is 509 g/mol. The van der Waals surface area contributed by atoms with Crippen molar-refractivity contribution in [2.24, 2.45) is 5.10 Å². The number of hydrogen-bond acceptors (Lipinski definition) is 6. The molecule has 7 nitrogen and oxygen atoms in total. The van der Waals surface area contributed by atoms with E-state index in [9.17, 15) is 9.59 Å². The Balaban J connectivity index is 1.89. The first-order chi connectivity index (χ1) is 13.4. The molecule has 0 aliphatic heterocycles. The average Bonchev–Trinajstić information content (AvgIpc) is 2.67. The lowest BCUT2D eigenvalue weighted by Gasteiger charge is -2.08. The zero-order valence-corrected chi connectivity index (χ0v) is 18.2. The van der Waals surface area contributed by atoms with Gasteiger partial charge in [0.25, 0.3) is 5.56 Å². The number of carbonyl (C=O) groups excluding carboxylic acids is 1. The van der Waals surface area contributed by atoms with E-state index in [1.165, 1.54) is 11.8 Å². The maximum absolute atomic E-state index is 12.7. The molecule has 0 N–H and O–H groups in total. The summed E-state index contributed by atoms with van der Waals surface area (Å²) in [6.45, 7) is 1.54. The summed E-state index contributed by atoms with van der Waals surface area (Å²) in [6, 6.07) is 10.6. The Morgan fingerprint density at radius 3 is 2.75 bits per heavy atom. The van der Waals surface area contributed by atoms with Gasteiger partial charge in [0.1, 0.15) is 11.6 Å². The van der Waals surface area contributed by atoms with Crippen LogP contribution in [0.5, 0.6) is 5.75 Å². The molecule has 0 spiro atoms. The smallest absolute Gasteiger partial charge is 0.343 e. The largest absolute Gasteiger partial charge is 0.481 e. The quantitative estimate of drug-likeness (QED) is 0.388. The van der Waals surface area contributed by atoms with Gasteiger partial charge in [-0.15, -0.1) is 0 Å². The summed E-state index contributed by atoms with van der Waals surface area (Å²) in [5.41, 5.74) is 1.10. The van der Waals surface area contributed by atoms with Gasteiger partial charge >= 0.3 is 5.97 Å². The number of benzene rings is 2. The van der Waals surface area contributed by atoms with Crippen molar-refractivity contribution in [3.63, 3.8) is 0 Å². The minimum Gasteiger partial charge on any atom is -0.481 e. The molecule has 3 aromatic rings. The number of ether oxygens (including phenoxy) is 2. The van der Waals surface area contributed by atoms with E-state index in [-0.39, 0.29) is 12.2 Å². The second kappa shape index (κ2) is 8.66. The second-order valence-corrected chi connectivity index (χ2v) is 7.51. The van der Waals surface area contributed by atoms with E-state index in [0.717, 1.165) is 10.0 Å². The summed E-state index contributed by atoms with van der Waals surface area (Å²) >= 11 is 6.76. The van der Waals surface area contributed by atoms with Crippen molar-refractivity contribution in [2.75, 3.05) is 13.7 Å². The number of fused-ring (bicyclic) bond motifs is 1. The monoisotopic (exact) mass is 507 g/mol. The molecular weight excluding hydrogens is 494 g/mol. The molecule has 1 aromatic heterocycles. The number of halogens is 2. The van der Waals surface area contributed by atoms with E-state index < -0.39 is 5.97 Å². The minimum atomic E-state index is -0.470. The van der Waals surface area contributed by atoms with E-state index in [1.54, 1.807) is 43.5 Å². The number of carbonyl (C=O) groups is 1. The van der Waals surface area contributed by atoms with Crippen LogP contribution in [-0.4, -0.2) is 35.6 Å². The lowest BCUT2D eigenvalue weighted by Crippen LogP contribution is -2.20. The first kappa shape index (κ1) is 20.2. The van der Waals surface area contributed by atoms with Crippen molar-refractivity contribution < 1.29 is 14.3 Å². The van der Waals surface area contributed by atoms with Gasteiger partial charge in [-0.25, -0.2) is 9.78 Å². The third-order valence-electron chi connectivity index (χ3n) is 3.82. The summed E-state index contributed by atoms with van der Waals surface area (Å²) < 4.78 is 12.6. The molecule has 28 heavy (non-hydrogen) atoms. The van der Waals surface area contributed by atoms with E-state index >= 15 is 0 Å². The van der Waals surface area contributed by atoms with E-state index in [2.05, 4.69) is 46.7 Å². The second-order valence-electron chi connectivity index (χ2n) is 5.74. The topological polar surface area (TPSA) is 82.8 Å². The van der Waals surface area contributed by atoms with Gasteiger partial charge in [-0.2, -0.15) is 9.78 Å². The number of methoxy groups -OCH3 is 1. The molecule has 0 bridgehead atoms. The van der Waals surface area contributed by atoms with Crippen LogP contribution in [0.25, 0.3) is 10.9 Å². The standard InChI is InChI=1S/C19H15Br2N3O4/c1-11-23-16-5-4-13(20)8-14(16)19(26)24(11)22-9-12-3-6-17(15(21)7-12)28-10-18(25)27-2/h3-9H,10H2,1-2H3. The SMILES string of the molecule is COC(=O)COc1ccc(C=Nn2c(C)nc3ccc(Br)cc3c2=O)cc1Br. The Kier molecular flexibility index (Phi) is 6.25. The predicted octanol–water partition coefficient (Wildman–Crippen LogP) is 3.66. The van der Waals surface area contributed by atoms with Gasteiger partial charge in [0.2, 0.25) is 0 Å². The number of nitrogens with zero attached hydrogens (tertiary/aromatic N) is 3. The van der Waals surface area contributed by atoms with Gasteiger partial charge in [0, 0.05) is 4.47 Å². The fraction of sp³-hybridized carbons (Fsp3) is 0.158. The zero-order valence-electron chi connectivity index (χ0n) is 15.0. The molecule has 0 fully saturated rings. The van der Waals surface area contributed by atoms with Crippen LogP contribution < -0.4 is 10.3 Å². The summed E-state index contributed by atoms with van der Waals surface area (Å²) in [6.07, 6.45) is 1.55. The maximum atomic E-state index is 12.7. The van der Waals surface area contributed by atoms with E-state index in [1.807, 2.05) is 6.07 Å². The molecule has 0 saturated carbocycles. The number of aromatic nitrogens is 2. The molecule has 1 heterocycles. The van der Waals surface area contributed by atoms with Crippen molar-refractivity contribution in [3.8, 4) is 5.75 Å². The van der Waals surface area contributed by atoms with Crippen LogP contribution in [0.1, 0.15) is 11.4 Å². The highest BCUT2D eigenvalue weighted by molar-refractivity contribution is 9.10. The van der Waals surface area contributed by atoms with Gasteiger partial charge in [-0.05, 0) is 64.8 Å². The lowest BCUT2D eigenvalue weighted by atomic mass is 10.2. The third kappa shape index (κ3) is 4.48. The van der Waals surface area contributed by atoms with Crippen molar-refractivity contribution in [2.45, 2.75) is 6.92 Å². The van der Waals surface area contributed by atoms with E-state index in [4.69, 9.17) is 4.74 Å². The molecule has 144 valence electrons. The Bertz CT molecular complexity index is 1140. The molecule has 0 unspecified atom stereocenters. The number of hydrogen-bond donors (Lipinski definition) is 0. The first-order valence-electron chi connectivity index (χ1n) is 8.11. The van der Waals surface area contributed by atoms with Gasteiger partial charge in [0.15, 0.2) is 6.61 Å². The van der Waals surface area contributed by atoms with Crippen LogP contribution in [0.2, 0.25) is 0 Å². The highest BCUT2D eigenvalue weighted by Gasteiger charge is 2.09. The Morgan fingerprint density at radius 1 is 1.25 bits per heavy atom. The van der Waals surface area contributed by atoms with Crippen LogP contribution in [-0.2, 0) is 9.53 Å². The molecule has 0 amide bonds. The molecule has 3 rings (SSSR count). The number of rotatable bonds is 5. The number of esters is 1. The number of aryl methyl sites for hydroxylation is 1. The van der Waals surface area contributed by atoms with Crippen LogP contribution >= 0.6 is 31.9 Å². The predicted molar refractivity (Wildman–Crippen MR) is 113 cm³/mol. The molecule has 9 heteroatoms. The summed E-state index contributed by atoms with van der Waals surface area (Å²) in [7, 11) is 1.30. The van der Waals surface area contributed by atoms with Gasteiger partial charge in [-0.3, -0.25) is 4.79 Å². The zero-order chi connectivity index (χ0) is 20.3. The van der Waals surface area contributed by atoms with E-state index in [0.29, 0.717) is 26.9 Å². The van der Waals surface area contributed by atoms with Gasteiger partial charge in [0.05, 0.1) is 28.7 Å². The molecule has 0 atom stereocenters. The fourth-order valence-electron chi connectivity index (χ4n) is 2.43. The van der Waals surface area contributed by atoms with Crippen LogP contribution in [0, 0.1) is 6.92 Å². The Labute approximate surface area is 177 Å². The van der Waals surface area contributed by atoms with Crippen molar-refractivity contribution in [3.05, 3.63) is 67.1 Å². The molecule has 0 saturated heterocycles. The van der Waals surface area contributed by atoms with Gasteiger partial charge < -0.3 is 9.47 Å². The van der Waals surface area contributed by atoms with Crippen LogP contribution in [0.3, 0.4) is 0 Å². The highest BCUT2D eigenvalue weighted by Crippen LogP contribution is 2.25. The summed E-state index contributed by atoms with van der Waals surface area (Å²) in [5, 5.41) is 4.76. The summed E-state index contributed by atoms with van der Waals surface area (Å²) in [5.74, 6) is 0.504. The molecule has 0 aliphatic carbocycles. The minimum absolute atomic E-state index is 0.185. The lowest BCUT2D eigenvalue weighted by molar-refractivity contribution is -0.142. The van der Waals surface area contributed by atoms with Crippen LogP contribution in [0.4, 0.5) is 0 Å². The van der Waals surface area contributed by atoms with Crippen molar-refractivity contribution in [1.29, 1.82) is 0 Å². The maximum Gasteiger partial charge on any atom is 0.343 e. The summed E-state index contributed by atoms with van der Waals surface area (Å²) in [4.78, 5) is 28.3. The third-order valence-corrected chi connectivity index (χ3v) is 4.93. The Hall–Kier alpha value is -2.52. The van der Waals surface area contributed by atoms with Crippen LogP contribution in [0.15, 0.2) is 55.2 Å². The first-order valence-corrected chi connectivity index (χ1v) is 9.70. The Morgan fingerprint density at radius 2 is 2.04 bits per heavy atom. The normalized spacial score (nSPS) is 11.1. The van der Waals surface area contributed by atoms with Crippen molar-refractivity contribution >= 4 is 54.9 Å². The molecular formula is C19H15Br2N3O4.